The Morgan fingerprint density at radius 3 is 2.41 bits per heavy atom. The van der Waals surface area contributed by atoms with Crippen LogP contribution in [-0.2, 0) is 19.6 Å². The van der Waals surface area contributed by atoms with Crippen LogP contribution < -0.4 is 10.0 Å². The molecule has 0 saturated heterocycles. The van der Waals surface area contributed by atoms with Crippen molar-refractivity contribution in [3.05, 3.63) is 0 Å². The van der Waals surface area contributed by atoms with E-state index in [0.717, 1.165) is 0 Å². The molecule has 1 aliphatic rings. The lowest BCUT2D eigenvalue weighted by atomic mass is 10.1. The van der Waals surface area contributed by atoms with Crippen LogP contribution in [0.25, 0.3) is 0 Å². The number of hydrogen-bond acceptors (Lipinski definition) is 5. The van der Waals surface area contributed by atoms with Gasteiger partial charge in [-0.1, -0.05) is 6.42 Å². The Hall–Kier alpha value is -1.35. The van der Waals surface area contributed by atoms with E-state index in [1.807, 2.05) is 0 Å². The van der Waals surface area contributed by atoms with E-state index < -0.39 is 38.9 Å². The van der Waals surface area contributed by atoms with Crippen LogP contribution in [-0.4, -0.2) is 49.5 Å². The number of carbonyl (C=O) groups is 2. The summed E-state index contributed by atoms with van der Waals surface area (Å²) in [5.74, 6) is -1.95. The van der Waals surface area contributed by atoms with E-state index in [9.17, 15) is 18.0 Å². The second kappa shape index (κ2) is 7.28. The van der Waals surface area contributed by atoms with Gasteiger partial charge in [-0.25, -0.2) is 17.9 Å². The monoisotopic (exact) mass is 336 g/mol. The van der Waals surface area contributed by atoms with Gasteiger partial charge in [-0.3, -0.25) is 4.79 Å². The Kier molecular flexibility index (Phi) is 6.18. The summed E-state index contributed by atoms with van der Waals surface area (Å²) >= 11 is 0. The number of aliphatic carboxylic acids is 1. The van der Waals surface area contributed by atoms with E-state index in [2.05, 4.69) is 10.0 Å². The molecule has 0 aromatic rings. The number of ether oxygens (including phenoxy) is 1. The Bertz CT molecular complexity index is 511. The van der Waals surface area contributed by atoms with Crippen LogP contribution in [0, 0.1) is 5.92 Å². The molecule has 8 nitrogen and oxygen atoms in total. The minimum absolute atomic E-state index is 0.00951. The molecule has 9 heteroatoms. The maximum absolute atomic E-state index is 12.1. The number of sulfonamides is 1. The molecule has 0 bridgehead atoms. The van der Waals surface area contributed by atoms with Gasteiger partial charge in [0, 0.05) is 13.1 Å². The Labute approximate surface area is 130 Å². The number of carboxylic acid groups (broad SMARTS) is 1. The molecule has 1 fully saturated rings. The van der Waals surface area contributed by atoms with E-state index in [0.29, 0.717) is 19.3 Å². The van der Waals surface area contributed by atoms with Gasteiger partial charge in [0.1, 0.15) is 5.60 Å². The van der Waals surface area contributed by atoms with Gasteiger partial charge in [0.05, 0.1) is 11.2 Å². The summed E-state index contributed by atoms with van der Waals surface area (Å²) < 4.78 is 31.6. The lowest BCUT2D eigenvalue weighted by molar-refractivity contribution is -0.141. The fourth-order valence-corrected chi connectivity index (χ4v) is 4.12. The molecular weight excluding hydrogens is 312 g/mol. The molecule has 2 unspecified atom stereocenters. The molecule has 2 atom stereocenters. The average molecular weight is 336 g/mol. The summed E-state index contributed by atoms with van der Waals surface area (Å²) in [7, 11) is -3.71. The molecular formula is C13H24N2O6S. The number of carbonyl (C=O) groups excluding carboxylic acids is 1. The van der Waals surface area contributed by atoms with Crippen molar-refractivity contribution in [1.82, 2.24) is 10.0 Å². The Morgan fingerprint density at radius 2 is 1.86 bits per heavy atom. The topological polar surface area (TPSA) is 122 Å². The van der Waals surface area contributed by atoms with Crippen LogP contribution in [0.4, 0.5) is 4.79 Å². The van der Waals surface area contributed by atoms with Crippen molar-refractivity contribution in [1.29, 1.82) is 0 Å². The highest BCUT2D eigenvalue weighted by Crippen LogP contribution is 2.30. The number of rotatable bonds is 6. The van der Waals surface area contributed by atoms with Crippen molar-refractivity contribution >= 4 is 22.1 Å². The minimum atomic E-state index is -3.71. The third-order valence-electron chi connectivity index (χ3n) is 3.26. The normalized spacial score (nSPS) is 22.3. The first kappa shape index (κ1) is 18.7. The van der Waals surface area contributed by atoms with Crippen molar-refractivity contribution in [3.8, 4) is 0 Å². The highest BCUT2D eigenvalue weighted by Gasteiger charge is 2.41. The second-order valence-electron chi connectivity index (χ2n) is 6.28. The quantitative estimate of drug-likeness (QED) is 0.613. The molecule has 128 valence electrons. The van der Waals surface area contributed by atoms with E-state index in [1.165, 1.54) is 0 Å². The summed E-state index contributed by atoms with van der Waals surface area (Å²) in [4.78, 5) is 22.4. The van der Waals surface area contributed by atoms with Crippen LogP contribution >= 0.6 is 0 Å². The lowest BCUT2D eigenvalue weighted by Gasteiger charge is -2.20. The zero-order valence-electron chi connectivity index (χ0n) is 13.1. The van der Waals surface area contributed by atoms with Gasteiger partial charge in [-0.2, -0.15) is 0 Å². The summed E-state index contributed by atoms with van der Waals surface area (Å²) in [6.45, 7) is 5.23. The van der Waals surface area contributed by atoms with Gasteiger partial charge in [0.25, 0.3) is 0 Å². The highest BCUT2D eigenvalue weighted by atomic mass is 32.2. The fraction of sp³-hybridized carbons (Fsp3) is 0.846. The minimum Gasteiger partial charge on any atom is -0.481 e. The summed E-state index contributed by atoms with van der Waals surface area (Å²) in [6, 6.07) is 0. The molecule has 0 aliphatic heterocycles. The second-order valence-corrected chi connectivity index (χ2v) is 8.27. The first-order chi connectivity index (χ1) is 10.0. The molecule has 3 N–H and O–H groups in total. The largest absolute Gasteiger partial charge is 0.481 e. The SMILES string of the molecule is CC(C)(C)OC(=O)NCCNS(=O)(=O)C1CCCC1C(=O)O. The molecule has 0 heterocycles. The van der Waals surface area contributed by atoms with Gasteiger partial charge >= 0.3 is 12.1 Å². The van der Waals surface area contributed by atoms with Crippen molar-refractivity contribution in [2.45, 2.75) is 50.9 Å². The zero-order valence-corrected chi connectivity index (χ0v) is 13.9. The Balaban J connectivity index is 2.40. The molecule has 1 rings (SSSR count). The lowest BCUT2D eigenvalue weighted by Crippen LogP contribution is -2.43. The van der Waals surface area contributed by atoms with Crippen molar-refractivity contribution < 1.29 is 27.9 Å². The first-order valence-corrected chi connectivity index (χ1v) is 8.76. The predicted molar refractivity (Wildman–Crippen MR) is 79.9 cm³/mol. The predicted octanol–water partition coefficient (Wildman–Crippen LogP) is 0.684. The van der Waals surface area contributed by atoms with Crippen LogP contribution in [0.2, 0.25) is 0 Å². The molecule has 0 radical (unpaired) electrons. The maximum atomic E-state index is 12.1. The standard InChI is InChI=1S/C13H24N2O6S/c1-13(2,3)21-12(18)14-7-8-15-22(19,20)10-6-4-5-9(10)11(16)17/h9-10,15H,4-8H2,1-3H3,(H,14,18)(H,16,17). The van der Waals surface area contributed by atoms with Gasteiger partial charge in [0.2, 0.25) is 10.0 Å². The molecule has 0 aromatic carbocycles. The van der Waals surface area contributed by atoms with Crippen LogP contribution in [0.15, 0.2) is 0 Å². The fourth-order valence-electron chi connectivity index (χ4n) is 2.36. The number of alkyl carbamates (subject to hydrolysis) is 1. The average Bonchev–Trinajstić information content (AvgIpc) is 2.82. The van der Waals surface area contributed by atoms with E-state index >= 15 is 0 Å². The van der Waals surface area contributed by atoms with Crippen LogP contribution in [0.5, 0.6) is 0 Å². The van der Waals surface area contributed by atoms with Gasteiger partial charge < -0.3 is 15.2 Å². The summed E-state index contributed by atoms with van der Waals surface area (Å²) in [5, 5.41) is 10.6. The van der Waals surface area contributed by atoms with E-state index in [-0.39, 0.29) is 13.1 Å². The van der Waals surface area contributed by atoms with Gasteiger partial charge in [0.15, 0.2) is 0 Å². The molecule has 22 heavy (non-hydrogen) atoms. The Morgan fingerprint density at radius 1 is 1.23 bits per heavy atom. The van der Waals surface area contributed by atoms with Crippen molar-refractivity contribution in [2.75, 3.05) is 13.1 Å². The summed E-state index contributed by atoms with van der Waals surface area (Å²) in [5.41, 5.74) is -0.623. The van der Waals surface area contributed by atoms with Crippen LogP contribution in [0.3, 0.4) is 0 Å². The number of amides is 1. The number of hydrogen-bond donors (Lipinski definition) is 3. The molecule has 1 amide bonds. The summed E-state index contributed by atoms with van der Waals surface area (Å²) in [6.07, 6.45) is 0.664. The van der Waals surface area contributed by atoms with Crippen LogP contribution in [0.1, 0.15) is 40.0 Å². The molecule has 1 saturated carbocycles. The van der Waals surface area contributed by atoms with Gasteiger partial charge in [-0.15, -0.1) is 0 Å². The van der Waals surface area contributed by atoms with Gasteiger partial charge in [-0.05, 0) is 33.6 Å². The third kappa shape index (κ3) is 5.80. The smallest absolute Gasteiger partial charge is 0.407 e. The maximum Gasteiger partial charge on any atom is 0.407 e. The molecule has 0 aromatic heterocycles. The number of carboxylic acids is 1. The van der Waals surface area contributed by atoms with Crippen molar-refractivity contribution in [3.63, 3.8) is 0 Å². The van der Waals surface area contributed by atoms with Crippen molar-refractivity contribution in [2.24, 2.45) is 5.92 Å². The molecule has 0 spiro atoms. The number of nitrogens with one attached hydrogen (secondary N) is 2. The first-order valence-electron chi connectivity index (χ1n) is 7.21. The third-order valence-corrected chi connectivity index (χ3v) is 5.23. The van der Waals surface area contributed by atoms with E-state index in [1.54, 1.807) is 20.8 Å². The van der Waals surface area contributed by atoms with E-state index in [4.69, 9.17) is 9.84 Å². The highest BCUT2D eigenvalue weighted by molar-refractivity contribution is 7.90. The zero-order chi connectivity index (χ0) is 17.0. The molecule has 1 aliphatic carbocycles.